The molecule has 18 heavy (non-hydrogen) atoms. The zero-order chi connectivity index (χ0) is 13.3. The average molecular weight is 284 g/mol. The predicted octanol–water partition coefficient (Wildman–Crippen LogP) is 2.73. The number of carbonyl (C=O) groups is 1. The quantitative estimate of drug-likeness (QED) is 0.885. The molecule has 92 valence electrons. The minimum Gasteiger partial charge on any atom is -0.476 e. The maximum atomic E-state index is 11.0. The molecule has 0 aliphatic heterocycles. The number of benzene rings is 1. The van der Waals surface area contributed by atoms with Crippen molar-refractivity contribution >= 4 is 35.0 Å². The van der Waals surface area contributed by atoms with Crippen molar-refractivity contribution in [1.82, 2.24) is 9.97 Å². The third-order valence-corrected chi connectivity index (χ3v) is 2.81. The largest absolute Gasteiger partial charge is 0.476 e. The van der Waals surface area contributed by atoms with E-state index in [4.69, 9.17) is 34.0 Å². The fourth-order valence-corrected chi connectivity index (χ4v) is 1.63. The molecule has 0 aliphatic rings. The van der Waals surface area contributed by atoms with Crippen LogP contribution in [-0.2, 0) is 0 Å². The number of nitrogens with zero attached hydrogens (tertiary/aromatic N) is 2. The molecule has 3 N–H and O–H groups in total. The number of hydrogen-bond donors (Lipinski definition) is 2. The smallest absolute Gasteiger partial charge is 0.356 e. The van der Waals surface area contributed by atoms with Crippen LogP contribution in [0.2, 0.25) is 10.0 Å². The summed E-state index contributed by atoms with van der Waals surface area (Å²) in [6.07, 6.45) is 0. The minimum absolute atomic E-state index is 0.0750. The van der Waals surface area contributed by atoms with Gasteiger partial charge in [-0.05, 0) is 24.3 Å². The number of aromatic nitrogens is 2. The molecule has 2 rings (SSSR count). The van der Waals surface area contributed by atoms with Gasteiger partial charge in [-0.3, -0.25) is 0 Å². The molecule has 0 unspecified atom stereocenters. The van der Waals surface area contributed by atoms with Crippen molar-refractivity contribution < 1.29 is 9.90 Å². The molecule has 0 amide bonds. The van der Waals surface area contributed by atoms with Gasteiger partial charge in [-0.25, -0.2) is 14.8 Å². The van der Waals surface area contributed by atoms with Gasteiger partial charge in [-0.15, -0.1) is 0 Å². The van der Waals surface area contributed by atoms with Crippen LogP contribution in [0.3, 0.4) is 0 Å². The van der Waals surface area contributed by atoms with Crippen molar-refractivity contribution in [3.8, 4) is 11.4 Å². The first kappa shape index (κ1) is 12.6. The number of nitrogen functional groups attached to an aromatic ring is 1. The van der Waals surface area contributed by atoms with Crippen LogP contribution in [0.25, 0.3) is 11.4 Å². The standard InChI is InChI=1S/C11H7Cl2N3O2/c12-6-3-1-5(2-4-6)10-15-8(11(17)18)7(13)9(14)16-10/h1-4H,(H,17,18)(H2,14,15,16). The average Bonchev–Trinajstić information content (AvgIpc) is 2.33. The van der Waals surface area contributed by atoms with Gasteiger partial charge in [-0.1, -0.05) is 23.2 Å². The van der Waals surface area contributed by atoms with Crippen molar-refractivity contribution in [1.29, 1.82) is 0 Å². The number of hydrogen-bond acceptors (Lipinski definition) is 4. The Balaban J connectivity index is 2.59. The maximum Gasteiger partial charge on any atom is 0.356 e. The minimum atomic E-state index is -1.26. The highest BCUT2D eigenvalue weighted by molar-refractivity contribution is 6.35. The Kier molecular flexibility index (Phi) is 3.36. The number of carboxylic acids is 1. The topological polar surface area (TPSA) is 89.1 Å². The van der Waals surface area contributed by atoms with Crippen LogP contribution in [0.5, 0.6) is 0 Å². The van der Waals surface area contributed by atoms with Gasteiger partial charge in [0.15, 0.2) is 11.5 Å². The molecule has 1 heterocycles. The zero-order valence-corrected chi connectivity index (χ0v) is 10.4. The molecule has 1 aromatic heterocycles. The molecule has 0 fully saturated rings. The van der Waals surface area contributed by atoms with Gasteiger partial charge >= 0.3 is 5.97 Å². The third kappa shape index (κ3) is 2.37. The maximum absolute atomic E-state index is 11.0. The molecular formula is C11H7Cl2N3O2. The lowest BCUT2D eigenvalue weighted by Crippen LogP contribution is -2.07. The van der Waals surface area contributed by atoms with Crippen molar-refractivity contribution in [3.05, 3.63) is 40.0 Å². The van der Waals surface area contributed by atoms with Gasteiger partial charge in [0, 0.05) is 10.6 Å². The molecule has 0 bridgehead atoms. The number of carboxylic acid groups (broad SMARTS) is 1. The highest BCUT2D eigenvalue weighted by Gasteiger charge is 2.17. The van der Waals surface area contributed by atoms with Gasteiger partial charge < -0.3 is 10.8 Å². The molecule has 0 radical (unpaired) electrons. The van der Waals surface area contributed by atoms with E-state index in [1.54, 1.807) is 24.3 Å². The summed E-state index contributed by atoms with van der Waals surface area (Å²) in [6, 6.07) is 6.62. The summed E-state index contributed by atoms with van der Waals surface area (Å²) in [5.74, 6) is -1.15. The lowest BCUT2D eigenvalue weighted by atomic mass is 10.2. The molecule has 5 nitrogen and oxygen atoms in total. The Bertz CT molecular complexity index is 614. The molecule has 0 saturated carbocycles. The predicted molar refractivity (Wildman–Crippen MR) is 68.9 cm³/mol. The Hall–Kier alpha value is -1.85. The Morgan fingerprint density at radius 1 is 1.17 bits per heavy atom. The monoisotopic (exact) mass is 283 g/mol. The Labute approximate surface area is 112 Å². The number of anilines is 1. The lowest BCUT2D eigenvalue weighted by molar-refractivity contribution is 0.0690. The van der Waals surface area contributed by atoms with Gasteiger partial charge in [-0.2, -0.15) is 0 Å². The van der Waals surface area contributed by atoms with Crippen molar-refractivity contribution in [2.24, 2.45) is 0 Å². The summed E-state index contributed by atoms with van der Waals surface area (Å²) in [5.41, 5.74) is 5.83. The fourth-order valence-electron chi connectivity index (χ4n) is 1.33. The second kappa shape index (κ2) is 4.80. The molecule has 7 heteroatoms. The summed E-state index contributed by atoms with van der Waals surface area (Å²) in [7, 11) is 0. The van der Waals surface area contributed by atoms with Crippen molar-refractivity contribution in [3.63, 3.8) is 0 Å². The number of rotatable bonds is 2. The van der Waals surface area contributed by atoms with Crippen LogP contribution in [-0.4, -0.2) is 21.0 Å². The first-order valence-corrected chi connectivity index (χ1v) is 5.57. The van der Waals surface area contributed by atoms with Crippen LogP contribution in [0.1, 0.15) is 10.5 Å². The normalized spacial score (nSPS) is 10.3. The van der Waals surface area contributed by atoms with Crippen molar-refractivity contribution in [2.75, 3.05) is 5.73 Å². The van der Waals surface area contributed by atoms with Crippen LogP contribution in [0, 0.1) is 0 Å². The summed E-state index contributed by atoms with van der Waals surface area (Å²) in [4.78, 5) is 18.8. The first-order chi connectivity index (χ1) is 8.49. The van der Waals surface area contributed by atoms with Crippen LogP contribution < -0.4 is 5.73 Å². The van der Waals surface area contributed by atoms with Crippen LogP contribution in [0.15, 0.2) is 24.3 Å². The number of halogens is 2. The van der Waals surface area contributed by atoms with Crippen molar-refractivity contribution in [2.45, 2.75) is 0 Å². The lowest BCUT2D eigenvalue weighted by Gasteiger charge is -2.05. The molecule has 0 spiro atoms. The SMILES string of the molecule is Nc1nc(-c2ccc(Cl)cc2)nc(C(=O)O)c1Cl. The van der Waals surface area contributed by atoms with E-state index in [0.717, 1.165) is 0 Å². The Morgan fingerprint density at radius 3 is 2.33 bits per heavy atom. The molecule has 2 aromatic rings. The number of aromatic carboxylic acids is 1. The summed E-state index contributed by atoms with van der Waals surface area (Å²) < 4.78 is 0. The van der Waals surface area contributed by atoms with E-state index < -0.39 is 5.97 Å². The zero-order valence-electron chi connectivity index (χ0n) is 8.89. The number of nitrogens with two attached hydrogens (primary N) is 1. The first-order valence-electron chi connectivity index (χ1n) is 4.81. The molecule has 0 atom stereocenters. The molecule has 0 saturated heterocycles. The van der Waals surface area contributed by atoms with E-state index in [1.807, 2.05) is 0 Å². The van der Waals surface area contributed by atoms with Gasteiger partial charge in [0.05, 0.1) is 0 Å². The van der Waals surface area contributed by atoms with Gasteiger partial charge in [0.25, 0.3) is 0 Å². The third-order valence-electron chi connectivity index (χ3n) is 2.18. The molecule has 0 aliphatic carbocycles. The summed E-state index contributed by atoms with van der Waals surface area (Å²) in [6.45, 7) is 0. The van der Waals surface area contributed by atoms with Gasteiger partial charge in [0.1, 0.15) is 10.8 Å². The van der Waals surface area contributed by atoms with E-state index in [1.165, 1.54) is 0 Å². The fraction of sp³-hybridized carbons (Fsp3) is 0. The van der Waals surface area contributed by atoms with E-state index in [9.17, 15) is 4.79 Å². The summed E-state index contributed by atoms with van der Waals surface area (Å²) >= 11 is 11.5. The van der Waals surface area contributed by atoms with E-state index in [-0.39, 0.29) is 22.4 Å². The van der Waals surface area contributed by atoms with Crippen LogP contribution >= 0.6 is 23.2 Å². The van der Waals surface area contributed by atoms with E-state index >= 15 is 0 Å². The highest BCUT2D eigenvalue weighted by Crippen LogP contribution is 2.25. The van der Waals surface area contributed by atoms with Gasteiger partial charge in [0.2, 0.25) is 0 Å². The second-order valence-electron chi connectivity index (χ2n) is 3.41. The van der Waals surface area contributed by atoms with E-state index in [0.29, 0.717) is 10.6 Å². The summed E-state index contributed by atoms with van der Waals surface area (Å²) in [5, 5.41) is 9.34. The van der Waals surface area contributed by atoms with Crippen LogP contribution in [0.4, 0.5) is 5.82 Å². The Morgan fingerprint density at radius 2 is 1.78 bits per heavy atom. The van der Waals surface area contributed by atoms with E-state index in [2.05, 4.69) is 9.97 Å². The second-order valence-corrected chi connectivity index (χ2v) is 4.22. The molecular weight excluding hydrogens is 277 g/mol. The molecule has 1 aromatic carbocycles. The highest BCUT2D eigenvalue weighted by atomic mass is 35.5.